The molecule has 62 valence electrons. The van der Waals surface area contributed by atoms with Crippen molar-refractivity contribution in [2.45, 2.75) is 26.8 Å². The first-order chi connectivity index (χ1) is 4.72. The van der Waals surface area contributed by atoms with Crippen molar-refractivity contribution in [3.63, 3.8) is 0 Å². The molecule has 0 fully saturated rings. The van der Waals surface area contributed by atoms with Crippen LogP contribution in [0.1, 0.15) is 20.8 Å². The number of hydrogen-bond acceptors (Lipinski definition) is 3. The maximum atomic E-state index is 4.15. The Kier molecular flexibility index (Phi) is 6.80. The molecule has 0 saturated heterocycles. The molecule has 0 amide bonds. The van der Waals surface area contributed by atoms with E-state index in [4.69, 9.17) is 0 Å². The molecular weight excluding hydrogens is 162 g/mol. The molecule has 0 aliphatic rings. The summed E-state index contributed by atoms with van der Waals surface area (Å²) in [5.41, 5.74) is 0. The Morgan fingerprint density at radius 2 is 2.10 bits per heavy atom. The lowest BCUT2D eigenvalue weighted by atomic mass is 10.4. The lowest BCUT2D eigenvalue weighted by molar-refractivity contribution is 0.416. The Balaban J connectivity index is 3.40. The Morgan fingerprint density at radius 3 is 2.40 bits per heavy atom. The van der Waals surface area contributed by atoms with E-state index in [-0.39, 0.29) is 0 Å². The van der Waals surface area contributed by atoms with Crippen molar-refractivity contribution >= 4 is 24.6 Å². The van der Waals surface area contributed by atoms with Gasteiger partial charge in [-0.05, 0) is 13.8 Å². The minimum Gasteiger partial charge on any atom is -0.248 e. The van der Waals surface area contributed by atoms with Crippen LogP contribution in [0.3, 0.4) is 0 Å². The standard InChI is InChI=1S/C7H17NS2/c1-4-8(7(2)3)10-6-5-9/h7,9H,4-6H2,1-3H3. The summed E-state index contributed by atoms with van der Waals surface area (Å²) in [5.74, 6) is 2.09. The van der Waals surface area contributed by atoms with Crippen LogP contribution in [0.4, 0.5) is 0 Å². The van der Waals surface area contributed by atoms with Crippen molar-refractivity contribution in [1.29, 1.82) is 0 Å². The molecule has 0 aromatic heterocycles. The molecule has 0 aliphatic heterocycles. The Hall–Kier alpha value is 0.660. The first-order valence-electron chi connectivity index (χ1n) is 3.72. The summed E-state index contributed by atoms with van der Waals surface area (Å²) >= 11 is 6.04. The molecule has 3 heteroatoms. The van der Waals surface area contributed by atoms with Crippen LogP contribution in [0, 0.1) is 0 Å². The van der Waals surface area contributed by atoms with E-state index in [1.807, 2.05) is 11.9 Å². The third kappa shape index (κ3) is 4.47. The molecule has 0 radical (unpaired) electrons. The van der Waals surface area contributed by atoms with Crippen LogP contribution < -0.4 is 0 Å². The van der Waals surface area contributed by atoms with Gasteiger partial charge >= 0.3 is 0 Å². The first-order valence-corrected chi connectivity index (χ1v) is 5.30. The zero-order valence-electron chi connectivity index (χ0n) is 7.00. The molecule has 0 N–H and O–H groups in total. The zero-order chi connectivity index (χ0) is 7.98. The van der Waals surface area contributed by atoms with Gasteiger partial charge in [0.05, 0.1) is 0 Å². The molecule has 0 heterocycles. The maximum absolute atomic E-state index is 4.15. The van der Waals surface area contributed by atoms with E-state index < -0.39 is 0 Å². The highest BCUT2D eigenvalue weighted by Gasteiger charge is 2.05. The minimum atomic E-state index is 0.648. The maximum Gasteiger partial charge on any atom is 0.0169 e. The summed E-state index contributed by atoms with van der Waals surface area (Å²) < 4.78 is 2.37. The highest BCUT2D eigenvalue weighted by atomic mass is 32.2. The summed E-state index contributed by atoms with van der Waals surface area (Å²) in [6.07, 6.45) is 0. The average molecular weight is 179 g/mol. The summed E-state index contributed by atoms with van der Waals surface area (Å²) in [5, 5.41) is 0. The van der Waals surface area contributed by atoms with Crippen molar-refractivity contribution < 1.29 is 0 Å². The number of thiol groups is 1. The lowest BCUT2D eigenvalue weighted by Crippen LogP contribution is -2.23. The topological polar surface area (TPSA) is 3.24 Å². The van der Waals surface area contributed by atoms with E-state index in [2.05, 4.69) is 37.7 Å². The Morgan fingerprint density at radius 1 is 1.50 bits per heavy atom. The number of rotatable bonds is 5. The van der Waals surface area contributed by atoms with Gasteiger partial charge in [0, 0.05) is 24.1 Å². The summed E-state index contributed by atoms with van der Waals surface area (Å²) in [4.78, 5) is 0. The van der Waals surface area contributed by atoms with Crippen LogP contribution in [-0.2, 0) is 0 Å². The Labute approximate surface area is 74.1 Å². The molecule has 0 aromatic carbocycles. The number of nitrogens with zero attached hydrogens (tertiary/aromatic N) is 1. The molecular formula is C7H17NS2. The molecule has 0 bridgehead atoms. The molecule has 0 aliphatic carbocycles. The van der Waals surface area contributed by atoms with Crippen LogP contribution in [-0.4, -0.2) is 28.4 Å². The molecule has 0 rings (SSSR count). The molecule has 0 atom stereocenters. The third-order valence-electron chi connectivity index (χ3n) is 1.24. The zero-order valence-corrected chi connectivity index (χ0v) is 8.71. The Bertz CT molecular complexity index is 76.0. The van der Waals surface area contributed by atoms with Crippen molar-refractivity contribution in [2.75, 3.05) is 18.1 Å². The number of hydrogen-bond donors (Lipinski definition) is 1. The predicted octanol–water partition coefficient (Wildman–Crippen LogP) is 2.29. The SMILES string of the molecule is CCN(SCCS)C(C)C. The van der Waals surface area contributed by atoms with Gasteiger partial charge < -0.3 is 0 Å². The molecule has 10 heavy (non-hydrogen) atoms. The van der Waals surface area contributed by atoms with Gasteiger partial charge in [0.15, 0.2) is 0 Å². The average Bonchev–Trinajstić information content (AvgIpc) is 1.89. The highest BCUT2D eigenvalue weighted by molar-refractivity contribution is 7.97. The lowest BCUT2D eigenvalue weighted by Gasteiger charge is -2.22. The molecule has 0 saturated carbocycles. The van der Waals surface area contributed by atoms with E-state index in [1.165, 1.54) is 0 Å². The minimum absolute atomic E-state index is 0.648. The summed E-state index contributed by atoms with van der Waals surface area (Å²) in [7, 11) is 0. The van der Waals surface area contributed by atoms with Crippen LogP contribution in [0.5, 0.6) is 0 Å². The fourth-order valence-electron chi connectivity index (χ4n) is 0.764. The normalized spacial score (nSPS) is 11.4. The molecule has 0 spiro atoms. The van der Waals surface area contributed by atoms with Gasteiger partial charge in [-0.25, -0.2) is 4.31 Å². The smallest absolute Gasteiger partial charge is 0.0169 e. The van der Waals surface area contributed by atoms with Crippen molar-refractivity contribution in [2.24, 2.45) is 0 Å². The second-order valence-corrected chi connectivity index (χ2v) is 3.97. The fourth-order valence-corrected chi connectivity index (χ4v) is 1.81. The second kappa shape index (κ2) is 6.38. The van der Waals surface area contributed by atoms with Gasteiger partial charge in [0.2, 0.25) is 0 Å². The fraction of sp³-hybridized carbons (Fsp3) is 1.00. The van der Waals surface area contributed by atoms with Crippen molar-refractivity contribution in [1.82, 2.24) is 4.31 Å². The van der Waals surface area contributed by atoms with Gasteiger partial charge in [-0.2, -0.15) is 12.6 Å². The largest absolute Gasteiger partial charge is 0.248 e. The van der Waals surface area contributed by atoms with E-state index >= 15 is 0 Å². The molecule has 0 unspecified atom stereocenters. The van der Waals surface area contributed by atoms with Crippen LogP contribution >= 0.6 is 24.6 Å². The first kappa shape index (κ1) is 10.7. The van der Waals surface area contributed by atoms with E-state index in [9.17, 15) is 0 Å². The quantitative estimate of drug-likeness (QED) is 0.509. The van der Waals surface area contributed by atoms with E-state index in [0.717, 1.165) is 18.1 Å². The van der Waals surface area contributed by atoms with Gasteiger partial charge in [0.25, 0.3) is 0 Å². The second-order valence-electron chi connectivity index (χ2n) is 2.38. The molecule has 1 nitrogen and oxygen atoms in total. The molecule has 0 aromatic rings. The van der Waals surface area contributed by atoms with Gasteiger partial charge in [-0.15, -0.1) is 0 Å². The van der Waals surface area contributed by atoms with Crippen LogP contribution in [0.2, 0.25) is 0 Å². The van der Waals surface area contributed by atoms with Crippen LogP contribution in [0.25, 0.3) is 0 Å². The van der Waals surface area contributed by atoms with Gasteiger partial charge in [0.1, 0.15) is 0 Å². The van der Waals surface area contributed by atoms with E-state index in [1.54, 1.807) is 0 Å². The van der Waals surface area contributed by atoms with E-state index in [0.29, 0.717) is 6.04 Å². The van der Waals surface area contributed by atoms with Gasteiger partial charge in [-0.1, -0.05) is 18.9 Å². The van der Waals surface area contributed by atoms with Gasteiger partial charge in [-0.3, -0.25) is 0 Å². The monoisotopic (exact) mass is 179 g/mol. The summed E-state index contributed by atoms with van der Waals surface area (Å²) in [6, 6.07) is 0.648. The third-order valence-corrected chi connectivity index (χ3v) is 3.16. The highest BCUT2D eigenvalue weighted by Crippen LogP contribution is 2.12. The summed E-state index contributed by atoms with van der Waals surface area (Å²) in [6.45, 7) is 7.74. The predicted molar refractivity (Wildman–Crippen MR) is 53.8 cm³/mol. The van der Waals surface area contributed by atoms with Crippen molar-refractivity contribution in [3.05, 3.63) is 0 Å². The van der Waals surface area contributed by atoms with Crippen LogP contribution in [0.15, 0.2) is 0 Å². The van der Waals surface area contributed by atoms with Crippen molar-refractivity contribution in [3.8, 4) is 0 Å².